The van der Waals surface area contributed by atoms with Gasteiger partial charge in [0.25, 0.3) is 0 Å². The van der Waals surface area contributed by atoms with Crippen LogP contribution in [0.3, 0.4) is 0 Å². The second-order valence-electron chi connectivity index (χ2n) is 6.81. The van der Waals surface area contributed by atoms with Crippen LogP contribution >= 0.6 is 0 Å². The quantitative estimate of drug-likeness (QED) is 0.760. The fourth-order valence-electron chi connectivity index (χ4n) is 3.61. The molecule has 0 bridgehead atoms. The molecule has 1 atom stereocenters. The molecule has 0 aromatic rings. The maximum absolute atomic E-state index is 6.21. The van der Waals surface area contributed by atoms with Gasteiger partial charge < -0.3 is 10.5 Å². The summed E-state index contributed by atoms with van der Waals surface area (Å²) in [6.07, 6.45) is 3.81. The smallest absolute Gasteiger partial charge is 0.0589 e. The SMILES string of the molecule is COCCN(CC(C)C)C1(CN)CCCC1(C)C. The summed E-state index contributed by atoms with van der Waals surface area (Å²) < 4.78 is 5.29. The van der Waals surface area contributed by atoms with Crippen LogP contribution in [0.5, 0.6) is 0 Å². The fraction of sp³-hybridized carbons (Fsp3) is 1.00. The Morgan fingerprint density at radius 2 is 1.94 bits per heavy atom. The third kappa shape index (κ3) is 3.06. The van der Waals surface area contributed by atoms with Crippen LogP contribution in [0.1, 0.15) is 47.0 Å². The maximum atomic E-state index is 6.21. The lowest BCUT2D eigenvalue weighted by atomic mass is 9.73. The summed E-state index contributed by atoms with van der Waals surface area (Å²) in [5.74, 6) is 0.668. The van der Waals surface area contributed by atoms with Crippen LogP contribution in [0, 0.1) is 11.3 Å². The number of ether oxygens (including phenoxy) is 1. The Kier molecular flexibility index (Phi) is 5.63. The van der Waals surface area contributed by atoms with Gasteiger partial charge >= 0.3 is 0 Å². The summed E-state index contributed by atoms with van der Waals surface area (Å²) >= 11 is 0. The summed E-state index contributed by atoms with van der Waals surface area (Å²) in [5, 5.41) is 0. The Bertz CT molecular complexity index is 253. The Morgan fingerprint density at radius 3 is 2.33 bits per heavy atom. The predicted octanol–water partition coefficient (Wildman–Crippen LogP) is 2.50. The molecule has 1 fully saturated rings. The van der Waals surface area contributed by atoms with Crippen molar-refractivity contribution in [1.29, 1.82) is 0 Å². The summed E-state index contributed by atoms with van der Waals surface area (Å²) in [5.41, 5.74) is 6.68. The molecule has 1 unspecified atom stereocenters. The maximum Gasteiger partial charge on any atom is 0.0589 e. The molecule has 0 aromatic heterocycles. The molecule has 1 rings (SSSR count). The van der Waals surface area contributed by atoms with E-state index >= 15 is 0 Å². The zero-order chi connectivity index (χ0) is 13.8. The van der Waals surface area contributed by atoms with Crippen molar-refractivity contribution in [2.24, 2.45) is 17.1 Å². The standard InChI is InChI=1S/C15H32N2O/c1-13(2)11-17(9-10-18-5)15(12-16)8-6-7-14(15,3)4/h13H,6-12,16H2,1-5H3. The van der Waals surface area contributed by atoms with E-state index in [4.69, 9.17) is 10.5 Å². The van der Waals surface area contributed by atoms with E-state index in [0.29, 0.717) is 11.3 Å². The summed E-state index contributed by atoms with van der Waals surface area (Å²) in [7, 11) is 1.78. The van der Waals surface area contributed by atoms with Crippen molar-refractivity contribution in [3.05, 3.63) is 0 Å². The van der Waals surface area contributed by atoms with Gasteiger partial charge in [0.2, 0.25) is 0 Å². The monoisotopic (exact) mass is 256 g/mol. The molecule has 2 N–H and O–H groups in total. The molecule has 0 heterocycles. The van der Waals surface area contributed by atoms with Gasteiger partial charge in [0.05, 0.1) is 6.61 Å². The zero-order valence-corrected chi connectivity index (χ0v) is 13.0. The minimum atomic E-state index is 0.163. The summed E-state index contributed by atoms with van der Waals surface area (Å²) in [6, 6.07) is 0. The summed E-state index contributed by atoms with van der Waals surface area (Å²) in [6.45, 7) is 13.0. The van der Waals surface area contributed by atoms with Gasteiger partial charge in [0.1, 0.15) is 0 Å². The zero-order valence-electron chi connectivity index (χ0n) is 13.0. The highest BCUT2D eigenvalue weighted by molar-refractivity contribution is 5.07. The van der Waals surface area contributed by atoms with Crippen molar-refractivity contribution in [1.82, 2.24) is 4.90 Å². The van der Waals surface area contributed by atoms with E-state index in [1.165, 1.54) is 19.3 Å². The highest BCUT2D eigenvalue weighted by atomic mass is 16.5. The largest absolute Gasteiger partial charge is 0.383 e. The van der Waals surface area contributed by atoms with E-state index < -0.39 is 0 Å². The van der Waals surface area contributed by atoms with Gasteiger partial charge in [0.15, 0.2) is 0 Å². The Balaban J connectivity index is 2.91. The van der Waals surface area contributed by atoms with E-state index in [0.717, 1.165) is 26.2 Å². The number of nitrogens with two attached hydrogens (primary N) is 1. The first-order valence-corrected chi connectivity index (χ1v) is 7.33. The molecule has 18 heavy (non-hydrogen) atoms. The van der Waals surface area contributed by atoms with E-state index in [1.807, 2.05) is 0 Å². The molecular formula is C15H32N2O. The minimum absolute atomic E-state index is 0.163. The minimum Gasteiger partial charge on any atom is -0.383 e. The highest BCUT2D eigenvalue weighted by Gasteiger charge is 2.51. The van der Waals surface area contributed by atoms with Crippen molar-refractivity contribution in [2.75, 3.05) is 33.4 Å². The third-order valence-corrected chi connectivity index (χ3v) is 4.75. The molecule has 108 valence electrons. The lowest BCUT2D eigenvalue weighted by molar-refractivity contribution is -0.0101. The first-order valence-electron chi connectivity index (χ1n) is 7.33. The number of nitrogens with zero attached hydrogens (tertiary/aromatic N) is 1. The molecule has 0 saturated heterocycles. The molecular weight excluding hydrogens is 224 g/mol. The van der Waals surface area contributed by atoms with Crippen LogP contribution < -0.4 is 5.73 Å². The van der Waals surface area contributed by atoms with Crippen LogP contribution in [-0.4, -0.2) is 43.8 Å². The number of hydrogen-bond donors (Lipinski definition) is 1. The molecule has 0 aromatic carbocycles. The van der Waals surface area contributed by atoms with Crippen LogP contribution in [0.2, 0.25) is 0 Å². The van der Waals surface area contributed by atoms with Crippen LogP contribution in [0.15, 0.2) is 0 Å². The van der Waals surface area contributed by atoms with Gasteiger partial charge in [-0.05, 0) is 24.2 Å². The fourth-order valence-corrected chi connectivity index (χ4v) is 3.61. The molecule has 1 saturated carbocycles. The average Bonchev–Trinajstić information content (AvgIpc) is 2.60. The number of hydrogen-bond acceptors (Lipinski definition) is 3. The normalized spacial score (nSPS) is 27.3. The molecule has 1 aliphatic carbocycles. The molecule has 3 heteroatoms. The van der Waals surface area contributed by atoms with Crippen molar-refractivity contribution in [3.8, 4) is 0 Å². The molecule has 1 aliphatic rings. The van der Waals surface area contributed by atoms with E-state index in [1.54, 1.807) is 7.11 Å². The highest BCUT2D eigenvalue weighted by Crippen LogP contribution is 2.49. The van der Waals surface area contributed by atoms with Gasteiger partial charge in [-0.3, -0.25) is 4.90 Å². The van der Waals surface area contributed by atoms with Crippen LogP contribution in [-0.2, 0) is 4.74 Å². The Hall–Kier alpha value is -0.120. The van der Waals surface area contributed by atoms with Crippen LogP contribution in [0.25, 0.3) is 0 Å². The first kappa shape index (κ1) is 15.9. The second-order valence-corrected chi connectivity index (χ2v) is 6.81. The van der Waals surface area contributed by atoms with Crippen molar-refractivity contribution in [3.63, 3.8) is 0 Å². The Morgan fingerprint density at radius 1 is 1.28 bits per heavy atom. The van der Waals surface area contributed by atoms with E-state index in [-0.39, 0.29) is 5.54 Å². The Labute approximate surface area is 113 Å². The molecule has 0 aliphatic heterocycles. The van der Waals surface area contributed by atoms with Gasteiger partial charge in [-0.1, -0.05) is 34.1 Å². The van der Waals surface area contributed by atoms with Crippen molar-refractivity contribution in [2.45, 2.75) is 52.5 Å². The van der Waals surface area contributed by atoms with Crippen molar-refractivity contribution >= 4 is 0 Å². The van der Waals surface area contributed by atoms with Gasteiger partial charge in [-0.15, -0.1) is 0 Å². The topological polar surface area (TPSA) is 38.5 Å². The number of methoxy groups -OCH3 is 1. The molecule has 3 nitrogen and oxygen atoms in total. The third-order valence-electron chi connectivity index (χ3n) is 4.75. The summed E-state index contributed by atoms with van der Waals surface area (Å²) in [4.78, 5) is 2.61. The first-order chi connectivity index (χ1) is 8.39. The van der Waals surface area contributed by atoms with Crippen LogP contribution in [0.4, 0.5) is 0 Å². The molecule has 0 radical (unpaired) electrons. The lowest BCUT2D eigenvalue weighted by Crippen LogP contribution is -2.61. The lowest BCUT2D eigenvalue weighted by Gasteiger charge is -2.50. The number of rotatable bonds is 7. The van der Waals surface area contributed by atoms with Gasteiger partial charge in [-0.2, -0.15) is 0 Å². The molecule has 0 amide bonds. The van der Waals surface area contributed by atoms with Gasteiger partial charge in [-0.25, -0.2) is 0 Å². The van der Waals surface area contributed by atoms with E-state index in [2.05, 4.69) is 32.6 Å². The average molecular weight is 256 g/mol. The van der Waals surface area contributed by atoms with E-state index in [9.17, 15) is 0 Å². The molecule has 0 spiro atoms. The van der Waals surface area contributed by atoms with Gasteiger partial charge in [0, 0.05) is 32.3 Å². The van der Waals surface area contributed by atoms with Crippen molar-refractivity contribution < 1.29 is 4.74 Å². The second kappa shape index (κ2) is 6.36. The predicted molar refractivity (Wildman–Crippen MR) is 77.7 cm³/mol.